The molecule has 0 saturated carbocycles. The molecule has 10 heteroatoms. The van der Waals surface area contributed by atoms with E-state index in [0.717, 1.165) is 4.90 Å². The fraction of sp³-hybridized carbons (Fsp3) is 0.118. The molecule has 140 valence electrons. The number of pyridine rings is 1. The first-order valence-electron chi connectivity index (χ1n) is 7.47. The summed E-state index contributed by atoms with van der Waals surface area (Å²) in [7, 11) is 0. The largest absolute Gasteiger partial charge is 0.446 e. The van der Waals surface area contributed by atoms with Crippen molar-refractivity contribution < 1.29 is 22.8 Å². The molecule has 5 nitrogen and oxygen atoms in total. The van der Waals surface area contributed by atoms with Gasteiger partial charge in [-0.1, -0.05) is 18.2 Å². The second-order valence-corrected chi connectivity index (χ2v) is 7.01. The number of urea groups is 1. The van der Waals surface area contributed by atoms with Gasteiger partial charge in [-0.3, -0.25) is 9.69 Å². The van der Waals surface area contributed by atoms with E-state index in [1.54, 1.807) is 12.1 Å². The minimum atomic E-state index is -4.42. The highest BCUT2D eigenvalue weighted by molar-refractivity contribution is 8.00. The summed E-state index contributed by atoms with van der Waals surface area (Å²) in [6.07, 6.45) is 1.47. The molecule has 0 spiro atoms. The van der Waals surface area contributed by atoms with Crippen molar-refractivity contribution in [2.24, 2.45) is 0 Å². The third-order valence-electron chi connectivity index (χ3n) is 3.66. The van der Waals surface area contributed by atoms with Crippen molar-refractivity contribution in [1.29, 1.82) is 0 Å². The van der Waals surface area contributed by atoms with Gasteiger partial charge in [-0.2, -0.15) is 13.2 Å². The van der Waals surface area contributed by atoms with Crippen LogP contribution in [0.2, 0.25) is 5.15 Å². The Bertz CT molecular complexity index is 918. The topological polar surface area (TPSA) is 53.5 Å². The van der Waals surface area contributed by atoms with Gasteiger partial charge in [0.1, 0.15) is 10.9 Å². The minimum Gasteiger partial charge on any atom is -0.284 e. The molecule has 0 aliphatic carbocycles. The normalized spacial score (nSPS) is 15.0. The number of carbonyl (C=O) groups excluding carboxylic acids is 2. The Hall–Kier alpha value is -2.52. The van der Waals surface area contributed by atoms with Gasteiger partial charge in [0.15, 0.2) is 0 Å². The number of rotatable bonds is 4. The van der Waals surface area contributed by atoms with Crippen LogP contribution >= 0.6 is 23.4 Å². The third-order valence-corrected chi connectivity index (χ3v) is 4.60. The first-order chi connectivity index (χ1) is 12.7. The van der Waals surface area contributed by atoms with Gasteiger partial charge in [0.25, 0.3) is 5.91 Å². The predicted octanol–water partition coefficient (Wildman–Crippen LogP) is 4.83. The van der Waals surface area contributed by atoms with Gasteiger partial charge in [0.05, 0.1) is 12.2 Å². The molecule has 0 radical (unpaired) electrons. The molecule has 0 N–H and O–H groups in total. The smallest absolute Gasteiger partial charge is 0.284 e. The number of thioether (sulfide) groups is 1. The lowest BCUT2D eigenvalue weighted by Gasteiger charge is -2.17. The van der Waals surface area contributed by atoms with Gasteiger partial charge in [-0.15, -0.1) is 0 Å². The van der Waals surface area contributed by atoms with Crippen molar-refractivity contribution in [2.45, 2.75) is 16.9 Å². The number of imide groups is 1. The molecule has 3 rings (SSSR count). The molecule has 1 aromatic heterocycles. The minimum absolute atomic E-state index is 0.0401. The van der Waals surface area contributed by atoms with Crippen LogP contribution in [0, 0.1) is 0 Å². The average Bonchev–Trinajstić information content (AvgIpc) is 2.78. The van der Waals surface area contributed by atoms with Crippen LogP contribution in [0.15, 0.2) is 59.8 Å². The Labute approximate surface area is 161 Å². The van der Waals surface area contributed by atoms with Crippen molar-refractivity contribution in [2.75, 3.05) is 4.90 Å². The molecule has 1 fully saturated rings. The molecule has 1 aliphatic heterocycles. The second kappa shape index (κ2) is 7.24. The van der Waals surface area contributed by atoms with E-state index in [4.69, 9.17) is 11.6 Å². The highest BCUT2D eigenvalue weighted by atomic mass is 35.5. The van der Waals surface area contributed by atoms with Crippen LogP contribution in [0.1, 0.15) is 5.56 Å². The lowest BCUT2D eigenvalue weighted by Crippen LogP contribution is -2.32. The van der Waals surface area contributed by atoms with Crippen LogP contribution in [-0.4, -0.2) is 27.3 Å². The van der Waals surface area contributed by atoms with Gasteiger partial charge < -0.3 is 0 Å². The summed E-state index contributed by atoms with van der Waals surface area (Å²) in [4.78, 5) is 30.9. The van der Waals surface area contributed by atoms with E-state index in [9.17, 15) is 22.8 Å². The Morgan fingerprint density at radius 2 is 1.81 bits per heavy atom. The number of nitrogens with zero attached hydrogens (tertiary/aromatic N) is 3. The van der Waals surface area contributed by atoms with E-state index in [-0.39, 0.29) is 39.7 Å². The summed E-state index contributed by atoms with van der Waals surface area (Å²) in [5.41, 5.74) is -3.65. The summed E-state index contributed by atoms with van der Waals surface area (Å²) in [5, 5.41) is 0.241. The number of hydrogen-bond donors (Lipinski definition) is 0. The molecule has 3 amide bonds. The lowest BCUT2D eigenvalue weighted by atomic mass is 10.2. The number of alkyl halides is 3. The number of amides is 3. The predicted molar refractivity (Wildman–Crippen MR) is 95.2 cm³/mol. The molecule has 2 aromatic rings. The number of anilines is 1. The lowest BCUT2D eigenvalue weighted by molar-refractivity contribution is -0.114. The molecule has 1 aliphatic rings. The molecule has 1 saturated heterocycles. The molecule has 0 unspecified atom stereocenters. The second-order valence-electron chi connectivity index (χ2n) is 5.48. The summed E-state index contributed by atoms with van der Waals surface area (Å²) >= 11 is 5.54. The van der Waals surface area contributed by atoms with Crippen molar-refractivity contribution >= 4 is 41.0 Å². The first kappa shape index (κ1) is 19.2. The molecule has 27 heavy (non-hydrogen) atoms. The van der Waals surface area contributed by atoms with Gasteiger partial charge in [0.2, 0.25) is 0 Å². The van der Waals surface area contributed by atoms with Gasteiger partial charge in [-0.05, 0) is 53.7 Å². The molecule has 0 bridgehead atoms. The number of carbonyl (C=O) groups is 2. The molecular weight excluding hydrogens is 403 g/mol. The van der Waals surface area contributed by atoms with Gasteiger partial charge in [0, 0.05) is 11.1 Å². The number of hydrogen-bond acceptors (Lipinski definition) is 4. The van der Waals surface area contributed by atoms with Crippen LogP contribution in [-0.2, 0) is 11.3 Å². The SMILES string of the molecule is C=C1C(=O)N(c2ccc(SC(F)(F)F)cc2)C(=O)N1Cc1ccnc(Cl)c1. The highest BCUT2D eigenvalue weighted by Gasteiger charge is 2.41. The van der Waals surface area contributed by atoms with Crippen LogP contribution in [0.25, 0.3) is 0 Å². The van der Waals surface area contributed by atoms with E-state index < -0.39 is 17.4 Å². The zero-order valence-corrected chi connectivity index (χ0v) is 15.1. The van der Waals surface area contributed by atoms with Crippen LogP contribution in [0.4, 0.5) is 23.7 Å². The number of benzene rings is 1. The Balaban J connectivity index is 1.81. The fourth-order valence-electron chi connectivity index (χ4n) is 2.48. The average molecular weight is 414 g/mol. The van der Waals surface area contributed by atoms with Crippen molar-refractivity contribution in [3.63, 3.8) is 0 Å². The summed E-state index contributed by atoms with van der Waals surface area (Å²) in [6, 6.07) is 7.51. The van der Waals surface area contributed by atoms with E-state index >= 15 is 0 Å². The maximum Gasteiger partial charge on any atom is 0.446 e. The Kier molecular flexibility index (Phi) is 5.16. The molecule has 1 aromatic carbocycles. The molecule has 2 heterocycles. The van der Waals surface area contributed by atoms with Gasteiger partial charge in [-0.25, -0.2) is 14.7 Å². The summed E-state index contributed by atoms with van der Waals surface area (Å²) in [6.45, 7) is 3.70. The van der Waals surface area contributed by atoms with Gasteiger partial charge >= 0.3 is 11.5 Å². The van der Waals surface area contributed by atoms with Crippen molar-refractivity contribution in [1.82, 2.24) is 9.88 Å². The summed E-state index contributed by atoms with van der Waals surface area (Å²) in [5.74, 6) is -0.642. The van der Waals surface area contributed by atoms with Crippen LogP contribution in [0.5, 0.6) is 0 Å². The van der Waals surface area contributed by atoms with E-state index in [0.29, 0.717) is 5.56 Å². The Morgan fingerprint density at radius 3 is 2.41 bits per heavy atom. The maximum atomic E-state index is 12.7. The van der Waals surface area contributed by atoms with E-state index in [1.807, 2.05) is 0 Å². The standard InChI is InChI=1S/C17H11ClF3N3O2S/c1-10-15(25)24(12-2-4-13(5-3-12)27-17(19,20)21)16(26)23(10)9-11-6-7-22-14(18)8-11/h2-8H,1,9H2. The van der Waals surface area contributed by atoms with E-state index in [2.05, 4.69) is 11.6 Å². The Morgan fingerprint density at radius 1 is 1.15 bits per heavy atom. The summed E-state index contributed by atoms with van der Waals surface area (Å²) < 4.78 is 37.3. The van der Waals surface area contributed by atoms with Crippen molar-refractivity contribution in [3.8, 4) is 0 Å². The van der Waals surface area contributed by atoms with E-state index in [1.165, 1.54) is 35.4 Å². The highest BCUT2D eigenvalue weighted by Crippen LogP contribution is 2.38. The van der Waals surface area contributed by atoms with Crippen molar-refractivity contribution in [3.05, 3.63) is 65.6 Å². The third kappa shape index (κ3) is 4.25. The zero-order chi connectivity index (χ0) is 19.8. The maximum absolute atomic E-state index is 12.7. The zero-order valence-electron chi connectivity index (χ0n) is 13.5. The fourth-order valence-corrected chi connectivity index (χ4v) is 3.21. The van der Waals surface area contributed by atoms with Crippen LogP contribution < -0.4 is 4.90 Å². The number of halogens is 4. The first-order valence-corrected chi connectivity index (χ1v) is 8.66. The quantitative estimate of drug-likeness (QED) is 0.312. The van der Waals surface area contributed by atoms with Crippen LogP contribution in [0.3, 0.4) is 0 Å². The molecule has 0 atom stereocenters. The molecular formula is C17H11ClF3N3O2S. The monoisotopic (exact) mass is 413 g/mol. The number of aromatic nitrogens is 1.